The first-order valence-electron chi connectivity index (χ1n) is 7.71. The van der Waals surface area contributed by atoms with Crippen LogP contribution in [0.3, 0.4) is 0 Å². The molecule has 0 bridgehead atoms. The van der Waals surface area contributed by atoms with Gasteiger partial charge in [-0.1, -0.05) is 13.8 Å². The van der Waals surface area contributed by atoms with Crippen LogP contribution in [0.2, 0.25) is 0 Å². The molecule has 0 aromatic rings. The van der Waals surface area contributed by atoms with Gasteiger partial charge in [-0.15, -0.1) is 0 Å². The molecule has 0 aliphatic carbocycles. The van der Waals surface area contributed by atoms with Crippen molar-refractivity contribution in [1.82, 2.24) is 15.1 Å². The molecule has 5 heteroatoms. The highest BCUT2D eigenvalue weighted by Crippen LogP contribution is 2.23. The molecular weight excluding hydrogens is 254 g/mol. The van der Waals surface area contributed by atoms with E-state index in [4.69, 9.17) is 0 Å². The first-order chi connectivity index (χ1) is 9.40. The predicted molar refractivity (Wildman–Crippen MR) is 78.2 cm³/mol. The number of piperazine rings is 1. The standard InChI is InChI=1S/C15H27N3O2/c1-10(2)9-13-15(20)18(11(3)14(19)16-13)12-5-7-17(4)8-6-12/h10-13H,5-9H2,1-4H3,(H,16,19). The molecule has 2 atom stereocenters. The number of nitrogens with zero attached hydrogens (tertiary/aromatic N) is 2. The fraction of sp³-hybridized carbons (Fsp3) is 0.867. The summed E-state index contributed by atoms with van der Waals surface area (Å²) in [5.41, 5.74) is 0. The minimum Gasteiger partial charge on any atom is -0.343 e. The first-order valence-corrected chi connectivity index (χ1v) is 7.71. The highest BCUT2D eigenvalue weighted by atomic mass is 16.2. The number of carbonyl (C=O) groups excluding carboxylic acids is 2. The predicted octanol–water partition coefficient (Wildman–Crippen LogP) is 0.842. The maximum atomic E-state index is 12.7. The summed E-state index contributed by atoms with van der Waals surface area (Å²) >= 11 is 0. The molecule has 2 rings (SSSR count). The molecule has 0 radical (unpaired) electrons. The van der Waals surface area contributed by atoms with Crippen LogP contribution < -0.4 is 5.32 Å². The average Bonchev–Trinajstić information content (AvgIpc) is 2.38. The van der Waals surface area contributed by atoms with Crippen LogP contribution in [0.4, 0.5) is 0 Å². The van der Waals surface area contributed by atoms with E-state index < -0.39 is 0 Å². The summed E-state index contributed by atoms with van der Waals surface area (Å²) in [7, 11) is 2.10. The van der Waals surface area contributed by atoms with Crippen LogP contribution in [0.25, 0.3) is 0 Å². The normalized spacial score (nSPS) is 29.9. The Balaban J connectivity index is 2.11. The Morgan fingerprint density at radius 2 is 1.85 bits per heavy atom. The number of nitrogens with one attached hydrogen (secondary N) is 1. The van der Waals surface area contributed by atoms with Crippen molar-refractivity contribution in [3.8, 4) is 0 Å². The lowest BCUT2D eigenvalue weighted by molar-refractivity contribution is -0.152. The number of amides is 2. The Kier molecular flexibility index (Phi) is 4.68. The summed E-state index contributed by atoms with van der Waals surface area (Å²) in [5, 5.41) is 2.88. The number of likely N-dealkylation sites (tertiary alicyclic amines) is 1. The van der Waals surface area contributed by atoms with Crippen LogP contribution in [-0.2, 0) is 9.59 Å². The average molecular weight is 281 g/mol. The highest BCUT2D eigenvalue weighted by molar-refractivity contribution is 5.96. The summed E-state index contributed by atoms with van der Waals surface area (Å²) in [6.45, 7) is 8.00. The van der Waals surface area contributed by atoms with E-state index >= 15 is 0 Å². The number of carbonyl (C=O) groups is 2. The van der Waals surface area contributed by atoms with Gasteiger partial charge in [0.25, 0.3) is 0 Å². The van der Waals surface area contributed by atoms with E-state index in [-0.39, 0.29) is 29.9 Å². The fourth-order valence-corrected chi connectivity index (χ4v) is 3.25. The van der Waals surface area contributed by atoms with Gasteiger partial charge in [0.05, 0.1) is 0 Å². The molecule has 20 heavy (non-hydrogen) atoms. The molecule has 2 saturated heterocycles. The fourth-order valence-electron chi connectivity index (χ4n) is 3.25. The van der Waals surface area contributed by atoms with Crippen molar-refractivity contribution in [3.63, 3.8) is 0 Å². The lowest BCUT2D eigenvalue weighted by atomic mass is 9.94. The topological polar surface area (TPSA) is 52.7 Å². The molecule has 5 nitrogen and oxygen atoms in total. The van der Waals surface area contributed by atoms with Gasteiger partial charge in [0, 0.05) is 6.04 Å². The van der Waals surface area contributed by atoms with E-state index in [9.17, 15) is 9.59 Å². The molecular formula is C15H27N3O2. The largest absolute Gasteiger partial charge is 0.343 e. The Labute approximate surface area is 121 Å². The van der Waals surface area contributed by atoms with Gasteiger partial charge < -0.3 is 15.1 Å². The van der Waals surface area contributed by atoms with Gasteiger partial charge in [-0.3, -0.25) is 9.59 Å². The van der Waals surface area contributed by atoms with Crippen molar-refractivity contribution in [1.29, 1.82) is 0 Å². The molecule has 2 unspecified atom stereocenters. The maximum absolute atomic E-state index is 12.7. The van der Waals surface area contributed by atoms with Gasteiger partial charge in [-0.25, -0.2) is 0 Å². The van der Waals surface area contributed by atoms with E-state index in [0.29, 0.717) is 5.92 Å². The molecule has 2 heterocycles. The molecule has 0 aromatic carbocycles. The second kappa shape index (κ2) is 6.12. The Morgan fingerprint density at radius 3 is 2.40 bits per heavy atom. The van der Waals surface area contributed by atoms with Crippen LogP contribution in [0.15, 0.2) is 0 Å². The lowest BCUT2D eigenvalue weighted by Gasteiger charge is -2.45. The maximum Gasteiger partial charge on any atom is 0.246 e. The summed E-state index contributed by atoms with van der Waals surface area (Å²) in [5.74, 6) is 0.506. The number of piperidine rings is 1. The van der Waals surface area contributed by atoms with Crippen LogP contribution in [0, 0.1) is 5.92 Å². The van der Waals surface area contributed by atoms with Crippen molar-refractivity contribution in [2.24, 2.45) is 5.92 Å². The molecule has 0 aromatic heterocycles. The third-order valence-electron chi connectivity index (χ3n) is 4.45. The van der Waals surface area contributed by atoms with E-state index in [1.807, 2.05) is 11.8 Å². The summed E-state index contributed by atoms with van der Waals surface area (Å²) in [6, 6.07) is -0.452. The molecule has 114 valence electrons. The molecule has 0 spiro atoms. The van der Waals surface area contributed by atoms with Crippen LogP contribution in [-0.4, -0.2) is 59.9 Å². The third kappa shape index (κ3) is 3.14. The molecule has 1 N–H and O–H groups in total. The zero-order valence-corrected chi connectivity index (χ0v) is 13.1. The van der Waals surface area contributed by atoms with Gasteiger partial charge in [0.15, 0.2) is 0 Å². The number of hydrogen-bond acceptors (Lipinski definition) is 3. The van der Waals surface area contributed by atoms with Gasteiger partial charge in [0.1, 0.15) is 12.1 Å². The van der Waals surface area contributed by atoms with E-state index in [0.717, 1.165) is 32.4 Å². The molecule has 2 amide bonds. The molecule has 2 fully saturated rings. The number of hydrogen-bond donors (Lipinski definition) is 1. The van der Waals surface area contributed by atoms with Crippen LogP contribution in [0.5, 0.6) is 0 Å². The second-order valence-electron chi connectivity index (χ2n) is 6.65. The SMILES string of the molecule is CC(C)CC1NC(=O)C(C)N(C2CCN(C)CC2)C1=O. The van der Waals surface area contributed by atoms with Crippen molar-refractivity contribution >= 4 is 11.8 Å². The second-order valence-corrected chi connectivity index (χ2v) is 6.65. The minimum absolute atomic E-state index is 0.00539. The van der Waals surface area contributed by atoms with Crippen molar-refractivity contribution in [2.45, 2.75) is 58.2 Å². The van der Waals surface area contributed by atoms with Gasteiger partial charge in [0.2, 0.25) is 11.8 Å². The minimum atomic E-state index is -0.335. The summed E-state index contributed by atoms with van der Waals surface area (Å²) in [6.07, 6.45) is 2.66. The van der Waals surface area contributed by atoms with Gasteiger partial charge in [-0.2, -0.15) is 0 Å². The van der Waals surface area contributed by atoms with E-state index in [2.05, 4.69) is 31.1 Å². The highest BCUT2D eigenvalue weighted by Gasteiger charge is 2.42. The van der Waals surface area contributed by atoms with Gasteiger partial charge in [-0.05, 0) is 52.2 Å². The summed E-state index contributed by atoms with van der Waals surface area (Å²) < 4.78 is 0. The molecule has 2 aliphatic rings. The smallest absolute Gasteiger partial charge is 0.246 e. The van der Waals surface area contributed by atoms with E-state index in [1.165, 1.54) is 0 Å². The van der Waals surface area contributed by atoms with Crippen LogP contribution in [0.1, 0.15) is 40.0 Å². The zero-order valence-electron chi connectivity index (χ0n) is 13.1. The lowest BCUT2D eigenvalue weighted by Crippen LogP contribution is -2.66. The Morgan fingerprint density at radius 1 is 1.25 bits per heavy atom. The first kappa shape index (κ1) is 15.3. The van der Waals surface area contributed by atoms with Crippen molar-refractivity contribution in [2.75, 3.05) is 20.1 Å². The zero-order chi connectivity index (χ0) is 14.9. The Hall–Kier alpha value is -1.10. The monoisotopic (exact) mass is 281 g/mol. The van der Waals surface area contributed by atoms with E-state index in [1.54, 1.807) is 0 Å². The van der Waals surface area contributed by atoms with Crippen molar-refractivity contribution < 1.29 is 9.59 Å². The third-order valence-corrected chi connectivity index (χ3v) is 4.45. The number of rotatable bonds is 3. The van der Waals surface area contributed by atoms with Gasteiger partial charge >= 0.3 is 0 Å². The summed E-state index contributed by atoms with van der Waals surface area (Å²) in [4.78, 5) is 29.0. The van der Waals surface area contributed by atoms with Crippen molar-refractivity contribution in [3.05, 3.63) is 0 Å². The Bertz CT molecular complexity index is 375. The molecule has 0 saturated carbocycles. The molecule has 2 aliphatic heterocycles. The van der Waals surface area contributed by atoms with Crippen LogP contribution >= 0.6 is 0 Å². The quantitative estimate of drug-likeness (QED) is 0.834.